The maximum absolute atomic E-state index is 10.5. The summed E-state index contributed by atoms with van der Waals surface area (Å²) in [4.78, 5) is 21.0. The summed E-state index contributed by atoms with van der Waals surface area (Å²) < 4.78 is 10.5. The first kappa shape index (κ1) is 11.0. The molecule has 0 heterocycles. The van der Waals surface area contributed by atoms with Crippen LogP contribution in [-0.2, 0) is 4.57 Å². The van der Waals surface area contributed by atoms with Gasteiger partial charge in [0.05, 0.1) is 5.12 Å². The molecule has 0 saturated carbocycles. The van der Waals surface area contributed by atoms with Gasteiger partial charge in [0.2, 0.25) is 0 Å². The molecule has 1 rings (SSSR count). The largest absolute Gasteiger partial charge is 0.809 e. The van der Waals surface area contributed by atoms with E-state index >= 15 is 0 Å². The number of rotatable bonds is 2. The second-order valence-electron chi connectivity index (χ2n) is 2.43. The van der Waals surface area contributed by atoms with Crippen LogP contribution in [0.15, 0.2) is 24.3 Å². The number of halogens is 2. The van der Waals surface area contributed by atoms with Crippen LogP contribution in [0, 0.1) is 0 Å². The number of benzene rings is 1. The Balaban J connectivity index is 2.97. The Morgan fingerprint density at radius 3 is 2.08 bits per heavy atom. The predicted molar refractivity (Wildman–Crippen MR) is 47.7 cm³/mol. The van der Waals surface area contributed by atoms with Crippen molar-refractivity contribution in [3.63, 3.8) is 0 Å². The zero-order valence-electron chi connectivity index (χ0n) is 6.31. The van der Waals surface area contributed by atoms with Gasteiger partial charge in [0.1, 0.15) is 0 Å². The van der Waals surface area contributed by atoms with Gasteiger partial charge in [-0.05, 0) is 25.3 Å². The average Bonchev–Trinajstić information content (AvgIpc) is 2.03. The maximum Gasteiger partial charge on any atom is 0.0857 e. The molecule has 0 aromatic heterocycles. The van der Waals surface area contributed by atoms with Crippen LogP contribution in [0.5, 0.6) is 0 Å². The minimum atomic E-state index is -4.77. The van der Waals surface area contributed by atoms with Crippen molar-refractivity contribution in [2.45, 2.75) is 5.12 Å². The third-order valence-electron chi connectivity index (χ3n) is 1.42. The highest BCUT2D eigenvalue weighted by molar-refractivity contribution is 7.51. The molecule has 3 nitrogen and oxygen atoms in total. The summed E-state index contributed by atoms with van der Waals surface area (Å²) >= 11 is 11.0. The zero-order valence-corrected chi connectivity index (χ0v) is 8.72. The Morgan fingerprint density at radius 1 is 1.23 bits per heavy atom. The molecule has 0 aliphatic carbocycles. The first-order valence-electron chi connectivity index (χ1n) is 3.32. The van der Waals surface area contributed by atoms with E-state index in [0.717, 1.165) is 0 Å². The van der Waals surface area contributed by atoms with E-state index in [0.29, 0.717) is 5.02 Å². The quantitative estimate of drug-likeness (QED) is 0.580. The molecule has 1 atom stereocenters. The molecule has 72 valence electrons. The minimum Gasteiger partial charge on any atom is -0.809 e. The van der Waals surface area contributed by atoms with E-state index in [1.54, 1.807) is 0 Å². The molecule has 0 bridgehead atoms. The van der Waals surface area contributed by atoms with Crippen molar-refractivity contribution in [1.29, 1.82) is 0 Å². The van der Waals surface area contributed by atoms with E-state index in [1.165, 1.54) is 24.3 Å². The molecule has 1 aromatic carbocycles. The molecule has 0 saturated heterocycles. The average molecular weight is 239 g/mol. The summed E-state index contributed by atoms with van der Waals surface area (Å²) in [5.41, 5.74) is 0.236. The molecule has 1 unspecified atom stereocenters. The molecular weight excluding hydrogens is 234 g/mol. The first-order chi connectivity index (χ1) is 5.91. The van der Waals surface area contributed by atoms with Crippen molar-refractivity contribution in [2.24, 2.45) is 0 Å². The van der Waals surface area contributed by atoms with Gasteiger partial charge in [-0.1, -0.05) is 23.7 Å². The molecule has 0 aliphatic rings. The molecule has 1 aromatic rings. The summed E-state index contributed by atoms with van der Waals surface area (Å²) in [5, 5.41) is -1.07. The van der Waals surface area contributed by atoms with Crippen LogP contribution in [0.25, 0.3) is 0 Å². The first-order valence-corrected chi connectivity index (χ1v) is 5.75. The fourth-order valence-electron chi connectivity index (χ4n) is 0.804. The summed E-state index contributed by atoms with van der Waals surface area (Å²) in [6.45, 7) is 0. The molecule has 0 N–H and O–H groups in total. The summed E-state index contributed by atoms with van der Waals surface area (Å²) in [6, 6.07) is 5.76. The highest BCUT2D eigenvalue weighted by Gasteiger charge is 2.10. The topological polar surface area (TPSA) is 63.2 Å². The maximum atomic E-state index is 10.5. The van der Waals surface area contributed by atoms with Crippen LogP contribution in [0.3, 0.4) is 0 Å². The van der Waals surface area contributed by atoms with Crippen molar-refractivity contribution in [1.82, 2.24) is 0 Å². The normalized spacial score (nSPS) is 14.2. The van der Waals surface area contributed by atoms with E-state index in [1.807, 2.05) is 0 Å². The van der Waals surface area contributed by atoms with Crippen molar-refractivity contribution in [3.05, 3.63) is 34.9 Å². The van der Waals surface area contributed by atoms with Gasteiger partial charge in [0, 0.05) is 5.02 Å². The van der Waals surface area contributed by atoms with Gasteiger partial charge in [-0.25, -0.2) is 0 Å². The van der Waals surface area contributed by atoms with Crippen LogP contribution in [0.2, 0.25) is 5.02 Å². The lowest BCUT2D eigenvalue weighted by atomic mass is 10.2. The van der Waals surface area contributed by atoms with Gasteiger partial charge in [-0.2, -0.15) is 0 Å². The van der Waals surface area contributed by atoms with Gasteiger partial charge < -0.3 is 14.4 Å². The lowest BCUT2D eigenvalue weighted by molar-refractivity contribution is -0.315. The lowest BCUT2D eigenvalue weighted by Crippen LogP contribution is -2.17. The summed E-state index contributed by atoms with van der Waals surface area (Å²) in [5.74, 6) is 0. The van der Waals surface area contributed by atoms with Crippen molar-refractivity contribution in [2.75, 3.05) is 0 Å². The molecule has 0 fully saturated rings. The highest BCUT2D eigenvalue weighted by Crippen LogP contribution is 2.47. The van der Waals surface area contributed by atoms with E-state index in [-0.39, 0.29) is 5.56 Å². The van der Waals surface area contributed by atoms with Crippen molar-refractivity contribution < 1.29 is 14.4 Å². The number of hydrogen-bond acceptors (Lipinski definition) is 3. The predicted octanol–water partition coefficient (Wildman–Crippen LogP) is 1.49. The van der Waals surface area contributed by atoms with Crippen LogP contribution >= 0.6 is 30.8 Å². The zero-order chi connectivity index (χ0) is 10.1. The van der Waals surface area contributed by atoms with Gasteiger partial charge in [0.15, 0.2) is 0 Å². The van der Waals surface area contributed by atoms with Gasteiger partial charge >= 0.3 is 0 Å². The Morgan fingerprint density at radius 2 is 1.69 bits per heavy atom. The Hall–Kier alpha value is -0.0500. The summed E-state index contributed by atoms with van der Waals surface area (Å²) in [7, 11) is -4.77. The number of hydrogen-bond donors (Lipinski definition) is 0. The van der Waals surface area contributed by atoms with Gasteiger partial charge in [0.25, 0.3) is 0 Å². The third kappa shape index (κ3) is 2.97. The molecule has 0 spiro atoms. The third-order valence-corrected chi connectivity index (χ3v) is 3.50. The molecule has 0 radical (unpaired) electrons. The molecule has 0 amide bonds. The number of alkyl halides is 1. The fraction of sp³-hybridized carbons (Fsp3) is 0.143. The lowest BCUT2D eigenvalue weighted by Gasteiger charge is -2.34. The van der Waals surface area contributed by atoms with Crippen LogP contribution in [0.4, 0.5) is 0 Å². The monoisotopic (exact) mass is 238 g/mol. The Labute approximate surface area is 85.5 Å². The SMILES string of the molecule is O=P([O-])([O-])C(Cl)c1ccc(Cl)cc1. The Bertz CT molecular complexity index is 332. The van der Waals surface area contributed by atoms with E-state index < -0.39 is 12.7 Å². The van der Waals surface area contributed by atoms with E-state index in [2.05, 4.69) is 0 Å². The summed E-state index contributed by atoms with van der Waals surface area (Å²) in [6.07, 6.45) is 0. The molecule has 13 heavy (non-hydrogen) atoms. The van der Waals surface area contributed by atoms with Crippen LogP contribution in [-0.4, -0.2) is 0 Å². The van der Waals surface area contributed by atoms with Crippen molar-refractivity contribution in [3.8, 4) is 0 Å². The van der Waals surface area contributed by atoms with Gasteiger partial charge in [-0.15, -0.1) is 11.6 Å². The van der Waals surface area contributed by atoms with Gasteiger partial charge in [-0.3, -0.25) is 0 Å². The van der Waals surface area contributed by atoms with Crippen LogP contribution < -0.4 is 9.79 Å². The molecule has 0 aliphatic heterocycles. The van der Waals surface area contributed by atoms with E-state index in [4.69, 9.17) is 23.2 Å². The molecule has 6 heteroatoms. The minimum absolute atomic E-state index is 0.236. The van der Waals surface area contributed by atoms with Crippen molar-refractivity contribution >= 4 is 30.8 Å². The molecular formula is C7H5Cl2O3P-2. The standard InChI is InChI=1S/C7H7Cl2O3P/c8-6-3-1-5(2-4-6)7(9)13(10,11)12/h1-4,7H,(H2,10,11,12)/p-2. The fourth-order valence-corrected chi connectivity index (χ4v) is 1.61. The van der Waals surface area contributed by atoms with E-state index in [9.17, 15) is 14.4 Å². The van der Waals surface area contributed by atoms with Crippen LogP contribution in [0.1, 0.15) is 10.7 Å². The second kappa shape index (κ2) is 3.99. The smallest absolute Gasteiger partial charge is 0.0857 e. The highest BCUT2D eigenvalue weighted by atomic mass is 35.5. The Kier molecular flexibility index (Phi) is 3.38. The second-order valence-corrected chi connectivity index (χ2v) is 5.20.